The van der Waals surface area contributed by atoms with Gasteiger partial charge in [0, 0.05) is 13.1 Å². The molecule has 0 saturated heterocycles. The summed E-state index contributed by atoms with van der Waals surface area (Å²) in [6.45, 7) is 10.5. The quantitative estimate of drug-likeness (QED) is 0.710. The summed E-state index contributed by atoms with van der Waals surface area (Å²) in [5, 5.41) is 9.41. The second-order valence-electron chi connectivity index (χ2n) is 4.79. The van der Waals surface area contributed by atoms with Gasteiger partial charge in [-0.25, -0.2) is 0 Å². The maximum Gasteiger partial charge on any atom is 0.0664 e. The van der Waals surface area contributed by atoms with Crippen LogP contribution in [0.1, 0.15) is 34.1 Å². The van der Waals surface area contributed by atoms with Crippen molar-refractivity contribution in [1.29, 1.82) is 0 Å². The van der Waals surface area contributed by atoms with Crippen LogP contribution in [0, 0.1) is 0 Å². The third-order valence-electron chi connectivity index (χ3n) is 2.00. The molecule has 0 heterocycles. The lowest BCUT2D eigenvalue weighted by Gasteiger charge is -2.23. The van der Waals surface area contributed by atoms with Gasteiger partial charge in [-0.2, -0.15) is 0 Å². The highest BCUT2D eigenvalue weighted by Crippen LogP contribution is 2.06. The SMILES string of the molecule is CCC(O)CN(C)CCOC(C)(C)C. The van der Waals surface area contributed by atoms with Gasteiger partial charge >= 0.3 is 0 Å². The smallest absolute Gasteiger partial charge is 0.0664 e. The monoisotopic (exact) mass is 203 g/mol. The molecular weight excluding hydrogens is 178 g/mol. The molecule has 0 aliphatic carbocycles. The Labute approximate surface area is 88.1 Å². The summed E-state index contributed by atoms with van der Waals surface area (Å²) in [4.78, 5) is 2.10. The fraction of sp³-hybridized carbons (Fsp3) is 1.00. The Bertz CT molecular complexity index is 143. The van der Waals surface area contributed by atoms with E-state index in [-0.39, 0.29) is 11.7 Å². The van der Waals surface area contributed by atoms with Gasteiger partial charge in [-0.3, -0.25) is 0 Å². The van der Waals surface area contributed by atoms with Crippen LogP contribution in [-0.2, 0) is 4.74 Å². The molecule has 0 rings (SSSR count). The van der Waals surface area contributed by atoms with Crippen LogP contribution in [0.15, 0.2) is 0 Å². The highest BCUT2D eigenvalue weighted by atomic mass is 16.5. The molecule has 0 aromatic carbocycles. The zero-order chi connectivity index (χ0) is 11.2. The number of aliphatic hydroxyl groups is 1. The molecule has 0 saturated carbocycles. The van der Waals surface area contributed by atoms with E-state index in [1.165, 1.54) is 0 Å². The summed E-state index contributed by atoms with van der Waals surface area (Å²) in [5.74, 6) is 0. The summed E-state index contributed by atoms with van der Waals surface area (Å²) < 4.78 is 5.59. The number of likely N-dealkylation sites (N-methyl/N-ethyl adjacent to an activating group) is 1. The third-order valence-corrected chi connectivity index (χ3v) is 2.00. The molecule has 0 amide bonds. The summed E-state index contributed by atoms with van der Waals surface area (Å²) in [6.07, 6.45) is 0.597. The first-order valence-electron chi connectivity index (χ1n) is 5.35. The minimum absolute atomic E-state index is 0.0653. The molecule has 0 bridgehead atoms. The summed E-state index contributed by atoms with van der Waals surface area (Å²) in [6, 6.07) is 0. The van der Waals surface area contributed by atoms with Crippen LogP contribution in [-0.4, -0.2) is 48.5 Å². The van der Waals surface area contributed by atoms with Crippen molar-refractivity contribution >= 4 is 0 Å². The van der Waals surface area contributed by atoms with Crippen molar-refractivity contribution in [3.8, 4) is 0 Å². The molecule has 1 atom stereocenters. The van der Waals surface area contributed by atoms with Crippen molar-refractivity contribution in [3.05, 3.63) is 0 Å². The topological polar surface area (TPSA) is 32.7 Å². The molecule has 3 nitrogen and oxygen atoms in total. The number of ether oxygens (including phenoxy) is 1. The fourth-order valence-corrected chi connectivity index (χ4v) is 1.09. The first-order valence-corrected chi connectivity index (χ1v) is 5.35. The fourth-order valence-electron chi connectivity index (χ4n) is 1.09. The van der Waals surface area contributed by atoms with Crippen molar-refractivity contribution in [2.45, 2.75) is 45.8 Å². The minimum Gasteiger partial charge on any atom is -0.392 e. The number of hydrogen-bond acceptors (Lipinski definition) is 3. The van der Waals surface area contributed by atoms with E-state index >= 15 is 0 Å². The molecule has 0 radical (unpaired) electrons. The van der Waals surface area contributed by atoms with Gasteiger partial charge in [-0.1, -0.05) is 6.92 Å². The van der Waals surface area contributed by atoms with Gasteiger partial charge in [-0.05, 0) is 34.2 Å². The normalized spacial score (nSPS) is 14.8. The van der Waals surface area contributed by atoms with Gasteiger partial charge in [-0.15, -0.1) is 0 Å². The van der Waals surface area contributed by atoms with Gasteiger partial charge in [0.25, 0.3) is 0 Å². The van der Waals surface area contributed by atoms with E-state index in [4.69, 9.17) is 4.74 Å². The van der Waals surface area contributed by atoms with Crippen molar-refractivity contribution in [2.75, 3.05) is 26.7 Å². The molecule has 0 spiro atoms. The van der Waals surface area contributed by atoms with E-state index in [0.717, 1.165) is 26.1 Å². The number of rotatable bonds is 6. The standard InChI is InChI=1S/C11H25NO2/c1-6-10(13)9-12(5)7-8-14-11(2,3)4/h10,13H,6-9H2,1-5H3. The van der Waals surface area contributed by atoms with E-state index in [1.54, 1.807) is 0 Å². The van der Waals surface area contributed by atoms with Gasteiger partial charge in [0.2, 0.25) is 0 Å². The van der Waals surface area contributed by atoms with Gasteiger partial charge in [0.15, 0.2) is 0 Å². The Hall–Kier alpha value is -0.120. The van der Waals surface area contributed by atoms with Crippen molar-refractivity contribution in [3.63, 3.8) is 0 Å². The first kappa shape index (κ1) is 13.9. The van der Waals surface area contributed by atoms with Crippen LogP contribution in [0.25, 0.3) is 0 Å². The average Bonchev–Trinajstić information content (AvgIpc) is 2.01. The Morgan fingerprint density at radius 2 is 1.93 bits per heavy atom. The predicted molar refractivity (Wildman–Crippen MR) is 59.5 cm³/mol. The zero-order valence-corrected chi connectivity index (χ0v) is 10.2. The lowest BCUT2D eigenvalue weighted by atomic mass is 10.2. The second-order valence-corrected chi connectivity index (χ2v) is 4.79. The molecule has 0 aromatic heterocycles. The van der Waals surface area contributed by atoms with Crippen LogP contribution in [0.2, 0.25) is 0 Å². The van der Waals surface area contributed by atoms with E-state index in [2.05, 4.69) is 4.90 Å². The van der Waals surface area contributed by atoms with Gasteiger partial charge in [0.05, 0.1) is 18.3 Å². The van der Waals surface area contributed by atoms with Crippen LogP contribution in [0.3, 0.4) is 0 Å². The van der Waals surface area contributed by atoms with Gasteiger partial charge in [0.1, 0.15) is 0 Å². The molecule has 0 fully saturated rings. The van der Waals surface area contributed by atoms with Crippen LogP contribution in [0.4, 0.5) is 0 Å². The van der Waals surface area contributed by atoms with E-state index in [1.807, 2.05) is 34.7 Å². The van der Waals surface area contributed by atoms with E-state index < -0.39 is 0 Å². The Morgan fingerprint density at radius 3 is 2.36 bits per heavy atom. The molecule has 0 aliphatic heterocycles. The summed E-state index contributed by atoms with van der Waals surface area (Å²) >= 11 is 0. The zero-order valence-electron chi connectivity index (χ0n) is 10.2. The van der Waals surface area contributed by atoms with Crippen LogP contribution in [0.5, 0.6) is 0 Å². The highest BCUT2D eigenvalue weighted by molar-refractivity contribution is 4.62. The second kappa shape index (κ2) is 6.38. The van der Waals surface area contributed by atoms with Crippen molar-refractivity contribution in [2.24, 2.45) is 0 Å². The number of nitrogens with zero attached hydrogens (tertiary/aromatic N) is 1. The minimum atomic E-state index is -0.213. The third kappa shape index (κ3) is 8.48. The lowest BCUT2D eigenvalue weighted by Crippen LogP contribution is -2.33. The van der Waals surface area contributed by atoms with Crippen LogP contribution >= 0.6 is 0 Å². The molecule has 3 heteroatoms. The lowest BCUT2D eigenvalue weighted by molar-refractivity contribution is -0.0141. The maximum atomic E-state index is 9.41. The molecule has 86 valence electrons. The molecular formula is C11H25NO2. The molecule has 1 N–H and O–H groups in total. The van der Waals surface area contributed by atoms with Crippen molar-refractivity contribution in [1.82, 2.24) is 4.90 Å². The average molecular weight is 203 g/mol. The maximum absolute atomic E-state index is 9.41. The Morgan fingerprint density at radius 1 is 1.36 bits per heavy atom. The first-order chi connectivity index (χ1) is 6.35. The molecule has 0 aliphatic rings. The highest BCUT2D eigenvalue weighted by Gasteiger charge is 2.11. The van der Waals surface area contributed by atoms with E-state index in [0.29, 0.717) is 0 Å². The number of hydrogen-bond donors (Lipinski definition) is 1. The van der Waals surface area contributed by atoms with Crippen molar-refractivity contribution < 1.29 is 9.84 Å². The van der Waals surface area contributed by atoms with Crippen LogP contribution < -0.4 is 0 Å². The van der Waals surface area contributed by atoms with Gasteiger partial charge < -0.3 is 14.7 Å². The Kier molecular flexibility index (Phi) is 6.33. The molecule has 14 heavy (non-hydrogen) atoms. The summed E-state index contributed by atoms with van der Waals surface area (Å²) in [7, 11) is 2.00. The molecule has 0 aromatic rings. The predicted octanol–water partition coefficient (Wildman–Crippen LogP) is 1.50. The number of aliphatic hydroxyl groups excluding tert-OH is 1. The molecule has 1 unspecified atom stereocenters. The summed E-state index contributed by atoms with van der Waals surface area (Å²) in [5.41, 5.74) is -0.0653. The Balaban J connectivity index is 3.49. The largest absolute Gasteiger partial charge is 0.392 e. The van der Waals surface area contributed by atoms with E-state index in [9.17, 15) is 5.11 Å².